The molecule has 0 radical (unpaired) electrons. The van der Waals surface area contributed by atoms with E-state index in [4.69, 9.17) is 5.73 Å². The molecule has 1 saturated heterocycles. The highest BCUT2D eigenvalue weighted by atomic mass is 32.2. The van der Waals surface area contributed by atoms with E-state index in [1.165, 1.54) is 17.1 Å². The summed E-state index contributed by atoms with van der Waals surface area (Å²) in [5.41, 5.74) is 6.17. The number of carbonyl (C=O) groups is 3. The molecule has 186 valence electrons. The highest BCUT2D eigenvalue weighted by molar-refractivity contribution is 8.00. The number of thioether (sulfide) groups is 1. The van der Waals surface area contributed by atoms with Crippen molar-refractivity contribution in [3.63, 3.8) is 0 Å². The Hall–Kier alpha value is -3.53. The first kappa shape index (κ1) is 24.6. The van der Waals surface area contributed by atoms with Gasteiger partial charge in [0.1, 0.15) is 29.4 Å². The highest BCUT2D eigenvalue weighted by Gasteiger charge is 2.54. The molecule has 0 saturated carbocycles. The third-order valence-electron chi connectivity index (χ3n) is 5.40. The lowest BCUT2D eigenvalue weighted by molar-refractivity contribution is -0.753. The molecule has 2 amide bonds. The van der Waals surface area contributed by atoms with E-state index in [9.17, 15) is 28.3 Å². The second kappa shape index (κ2) is 9.61. The second-order valence-electron chi connectivity index (χ2n) is 7.58. The molecule has 1 fully saturated rings. The third-order valence-corrected chi connectivity index (χ3v) is 7.41. The molecular formula is C19H20F2N7O5S2+. The van der Waals surface area contributed by atoms with E-state index in [1.54, 1.807) is 0 Å². The number of β-lactam (4-membered cyclic amide) rings is 1. The third kappa shape index (κ3) is 4.70. The highest BCUT2D eigenvalue weighted by Crippen LogP contribution is 2.40. The zero-order valence-electron chi connectivity index (χ0n) is 18.3. The number of carboxylic acid groups (broad SMARTS) is 1. The average Bonchev–Trinajstić information content (AvgIpc) is 3.36. The number of nitrogens with zero attached hydrogens (tertiary/aromatic N) is 5. The molecule has 2 atom stereocenters. The monoisotopic (exact) mass is 528 g/mol. The molecule has 4 rings (SSSR count). The summed E-state index contributed by atoms with van der Waals surface area (Å²) in [5, 5.41) is 16.1. The number of aliphatic carboxylic acids is 1. The fraction of sp³-hybridized carbons (Fsp3) is 0.368. The van der Waals surface area contributed by atoms with Gasteiger partial charge in [-0.3, -0.25) is 14.5 Å². The summed E-state index contributed by atoms with van der Waals surface area (Å²) in [7, 11) is 1.82. The molecule has 4 heterocycles. The molecular weight excluding hydrogens is 508 g/mol. The smallest absolute Gasteiger partial charge is 0.407 e. The van der Waals surface area contributed by atoms with Crippen LogP contribution >= 0.6 is 23.1 Å². The van der Waals surface area contributed by atoms with Gasteiger partial charge in [-0.1, -0.05) is 5.16 Å². The number of hydrogen-bond donors (Lipinski definition) is 3. The Kier molecular flexibility index (Phi) is 6.75. The number of thiazole rings is 1. The molecule has 2 aliphatic heterocycles. The number of alkyl halides is 2. The molecule has 2 aromatic rings. The average molecular weight is 529 g/mol. The predicted molar refractivity (Wildman–Crippen MR) is 120 cm³/mol. The van der Waals surface area contributed by atoms with Gasteiger partial charge in [-0.25, -0.2) is 9.78 Å². The van der Waals surface area contributed by atoms with Crippen molar-refractivity contribution in [2.75, 3.05) is 11.5 Å². The predicted octanol–water partition coefficient (Wildman–Crippen LogP) is 0.0418. The maximum absolute atomic E-state index is 12.9. The van der Waals surface area contributed by atoms with Crippen LogP contribution < -0.4 is 15.7 Å². The zero-order valence-corrected chi connectivity index (χ0v) is 20.0. The quantitative estimate of drug-likeness (QED) is 0.188. The van der Waals surface area contributed by atoms with E-state index in [0.29, 0.717) is 11.3 Å². The number of nitrogens with two attached hydrogens (primary N) is 1. The standard InChI is InChI=1S/C19H19F2N7O5S2/c1-8-3-4-26(2)27(8)5-9-6-34-16-12(15(30)28(16)13(9)17(31)32)24-14(29)11(25-33-18(20)21)10-7-35-19(22)23-10/h3-4,7,12,16,18H,5-6H2,1-2H3,(H3-,22,23,24,29,31,32)/p+1/t12-,16-/m1/s1. The number of amides is 2. The van der Waals surface area contributed by atoms with E-state index < -0.39 is 41.5 Å². The van der Waals surface area contributed by atoms with E-state index in [2.05, 4.69) is 20.3 Å². The number of nitrogens with one attached hydrogen (secondary N) is 1. The molecule has 35 heavy (non-hydrogen) atoms. The number of rotatable bonds is 8. The maximum Gasteiger partial charge on any atom is 0.407 e. The molecule has 4 N–H and O–H groups in total. The number of carboxylic acids is 1. The Bertz CT molecular complexity index is 1240. The van der Waals surface area contributed by atoms with E-state index in [0.717, 1.165) is 21.9 Å². The summed E-state index contributed by atoms with van der Waals surface area (Å²) in [6.45, 7) is -1.13. The number of halogens is 2. The van der Waals surface area contributed by atoms with E-state index >= 15 is 0 Å². The van der Waals surface area contributed by atoms with Gasteiger partial charge in [0.15, 0.2) is 24.1 Å². The van der Waals surface area contributed by atoms with Crippen LogP contribution in [0.15, 0.2) is 34.1 Å². The van der Waals surface area contributed by atoms with Crippen molar-refractivity contribution in [3.8, 4) is 0 Å². The topological polar surface area (TPSA) is 156 Å². The fourth-order valence-electron chi connectivity index (χ4n) is 3.76. The number of aryl methyl sites for hydroxylation is 2. The Labute approximate surface area is 205 Å². The van der Waals surface area contributed by atoms with Crippen LogP contribution in [-0.2, 0) is 32.8 Å². The van der Waals surface area contributed by atoms with Crippen molar-refractivity contribution < 1.29 is 37.8 Å². The summed E-state index contributed by atoms with van der Waals surface area (Å²) in [6.07, 6.45) is 1.84. The van der Waals surface area contributed by atoms with Gasteiger partial charge in [0.05, 0.1) is 5.69 Å². The van der Waals surface area contributed by atoms with Crippen LogP contribution in [-0.4, -0.2) is 66.9 Å². The minimum atomic E-state index is -3.28. The number of aromatic nitrogens is 3. The van der Waals surface area contributed by atoms with E-state index in [-0.39, 0.29) is 23.1 Å². The Morgan fingerprint density at radius 2 is 2.23 bits per heavy atom. The van der Waals surface area contributed by atoms with Crippen LogP contribution in [0, 0.1) is 6.92 Å². The lowest BCUT2D eigenvalue weighted by atomic mass is 10.0. The first-order chi connectivity index (χ1) is 16.6. The van der Waals surface area contributed by atoms with Gasteiger partial charge in [0.25, 0.3) is 11.8 Å². The van der Waals surface area contributed by atoms with Crippen LogP contribution in [0.1, 0.15) is 11.4 Å². The lowest BCUT2D eigenvalue weighted by Crippen LogP contribution is -2.71. The van der Waals surface area contributed by atoms with Crippen molar-refractivity contribution in [1.29, 1.82) is 0 Å². The molecule has 2 aliphatic rings. The summed E-state index contributed by atoms with van der Waals surface area (Å²) < 4.78 is 28.7. The molecule has 0 bridgehead atoms. The summed E-state index contributed by atoms with van der Waals surface area (Å²) in [4.78, 5) is 46.7. The molecule has 12 nitrogen and oxygen atoms in total. The van der Waals surface area contributed by atoms with Gasteiger partial charge in [-0.15, -0.1) is 27.8 Å². The minimum absolute atomic E-state index is 0.0707. The fourth-order valence-corrected chi connectivity index (χ4v) is 5.64. The van der Waals surface area contributed by atoms with Crippen LogP contribution in [0.25, 0.3) is 0 Å². The Balaban J connectivity index is 1.55. The SMILES string of the molecule is Cc1cc[n+](C)n1CC1=C(C(=O)O)N2C(=O)[C@@H](NC(=O)C(=NOC(F)F)c3csc(N)n3)[C@H]2SC1. The molecule has 0 unspecified atom stereocenters. The molecule has 16 heteroatoms. The Morgan fingerprint density at radius 1 is 1.49 bits per heavy atom. The minimum Gasteiger partial charge on any atom is -0.477 e. The molecule has 0 aliphatic carbocycles. The summed E-state index contributed by atoms with van der Waals surface area (Å²) in [5.74, 6) is -2.60. The van der Waals surface area contributed by atoms with Gasteiger partial charge in [-0.05, 0) is 12.5 Å². The number of carbonyl (C=O) groups excluding carboxylic acids is 2. The van der Waals surface area contributed by atoms with Crippen molar-refractivity contribution in [2.24, 2.45) is 12.2 Å². The number of fused-ring (bicyclic) bond motifs is 1. The number of anilines is 1. The summed E-state index contributed by atoms with van der Waals surface area (Å²) in [6, 6.07) is 0.785. The van der Waals surface area contributed by atoms with Crippen LogP contribution in [0.5, 0.6) is 0 Å². The normalized spacial score (nSPS) is 20.1. The maximum atomic E-state index is 12.9. The number of nitrogen functional groups attached to an aromatic ring is 1. The van der Waals surface area contributed by atoms with Gasteiger partial charge in [0, 0.05) is 17.2 Å². The first-order valence-corrected chi connectivity index (χ1v) is 12.0. The van der Waals surface area contributed by atoms with Crippen molar-refractivity contribution >= 4 is 51.7 Å². The van der Waals surface area contributed by atoms with Gasteiger partial charge in [-0.2, -0.15) is 13.5 Å². The van der Waals surface area contributed by atoms with Crippen molar-refractivity contribution in [1.82, 2.24) is 19.9 Å². The second-order valence-corrected chi connectivity index (χ2v) is 9.58. The summed E-state index contributed by atoms with van der Waals surface area (Å²) >= 11 is 2.24. The number of hydrogen-bond acceptors (Lipinski definition) is 9. The van der Waals surface area contributed by atoms with E-state index in [1.807, 2.05) is 35.6 Å². The van der Waals surface area contributed by atoms with Crippen LogP contribution in [0.3, 0.4) is 0 Å². The zero-order chi connectivity index (χ0) is 25.4. The molecule has 0 aromatic carbocycles. The Morgan fingerprint density at radius 3 is 2.80 bits per heavy atom. The molecule has 0 spiro atoms. The largest absolute Gasteiger partial charge is 0.477 e. The lowest BCUT2D eigenvalue weighted by Gasteiger charge is -2.49. The van der Waals surface area contributed by atoms with Crippen molar-refractivity contribution in [3.05, 3.63) is 40.3 Å². The first-order valence-electron chi connectivity index (χ1n) is 10.0. The van der Waals surface area contributed by atoms with Gasteiger partial charge in [0.2, 0.25) is 0 Å². The van der Waals surface area contributed by atoms with Crippen LogP contribution in [0.2, 0.25) is 0 Å². The van der Waals surface area contributed by atoms with Crippen molar-refractivity contribution in [2.45, 2.75) is 31.5 Å². The number of oxime groups is 1. The van der Waals surface area contributed by atoms with Gasteiger partial charge < -0.3 is 21.0 Å². The van der Waals surface area contributed by atoms with Gasteiger partial charge >= 0.3 is 12.6 Å². The van der Waals surface area contributed by atoms with Crippen LogP contribution in [0.4, 0.5) is 13.9 Å². The molecule has 2 aromatic heterocycles.